The number of benzene rings is 2. The molecule has 2 aromatic carbocycles. The fourth-order valence-electron chi connectivity index (χ4n) is 3.18. The fourth-order valence-corrected chi connectivity index (χ4v) is 3.31. The maximum Gasteiger partial charge on any atom is 0.278 e. The summed E-state index contributed by atoms with van der Waals surface area (Å²) >= 11 is 5.99. The number of amides is 2. The van der Waals surface area contributed by atoms with Crippen molar-refractivity contribution in [1.29, 1.82) is 0 Å². The first-order valence-corrected chi connectivity index (χ1v) is 9.72. The molecule has 2 amide bonds. The Kier molecular flexibility index (Phi) is 6.97. The van der Waals surface area contributed by atoms with Crippen molar-refractivity contribution < 1.29 is 23.8 Å². The maximum atomic E-state index is 13.1. The summed E-state index contributed by atoms with van der Waals surface area (Å²) in [5, 5.41) is 3.64. The predicted octanol–water partition coefficient (Wildman–Crippen LogP) is 3.59. The van der Waals surface area contributed by atoms with Gasteiger partial charge in [0.25, 0.3) is 11.8 Å². The molecule has 0 radical (unpaired) electrons. The van der Waals surface area contributed by atoms with E-state index in [0.29, 0.717) is 40.8 Å². The van der Waals surface area contributed by atoms with E-state index < -0.39 is 5.91 Å². The SMILES string of the molecule is COCCCN1C(=O)C(Nc2ccc(OC)cc2OC)=C(c2ccc(Cl)cc2)C1=O. The largest absolute Gasteiger partial charge is 0.497 e. The summed E-state index contributed by atoms with van der Waals surface area (Å²) in [4.78, 5) is 27.5. The van der Waals surface area contributed by atoms with E-state index in [2.05, 4.69) is 5.32 Å². The molecule has 1 aliphatic heterocycles. The Morgan fingerprint density at radius 3 is 2.33 bits per heavy atom. The Balaban J connectivity index is 2.02. The Hall–Kier alpha value is -3.03. The summed E-state index contributed by atoms with van der Waals surface area (Å²) in [6.45, 7) is 0.704. The van der Waals surface area contributed by atoms with E-state index in [9.17, 15) is 9.59 Å². The highest BCUT2D eigenvalue weighted by Crippen LogP contribution is 2.35. The summed E-state index contributed by atoms with van der Waals surface area (Å²) in [5.41, 5.74) is 1.61. The molecule has 1 heterocycles. The topological polar surface area (TPSA) is 77.1 Å². The van der Waals surface area contributed by atoms with Gasteiger partial charge in [-0.05, 0) is 36.2 Å². The Morgan fingerprint density at radius 2 is 1.70 bits per heavy atom. The highest BCUT2D eigenvalue weighted by molar-refractivity contribution is 6.37. The van der Waals surface area contributed by atoms with E-state index in [0.717, 1.165) is 0 Å². The molecular weight excluding hydrogens is 408 g/mol. The number of halogens is 1. The minimum Gasteiger partial charge on any atom is -0.497 e. The molecule has 0 saturated carbocycles. The standard InChI is InChI=1S/C22H23ClN2O5/c1-28-12-4-11-25-21(26)19(14-5-7-15(23)8-6-14)20(22(25)27)24-17-10-9-16(29-2)13-18(17)30-3/h5-10,13,24H,4,11-12H2,1-3H3. The number of ether oxygens (including phenoxy) is 3. The van der Waals surface area contributed by atoms with Gasteiger partial charge in [-0.15, -0.1) is 0 Å². The number of carbonyl (C=O) groups is 2. The van der Waals surface area contributed by atoms with Crippen molar-refractivity contribution >= 4 is 34.7 Å². The fraction of sp³-hybridized carbons (Fsp3) is 0.273. The lowest BCUT2D eigenvalue weighted by Gasteiger charge is -2.16. The van der Waals surface area contributed by atoms with E-state index in [-0.39, 0.29) is 23.7 Å². The van der Waals surface area contributed by atoms with Gasteiger partial charge in [0.1, 0.15) is 17.2 Å². The van der Waals surface area contributed by atoms with Crippen molar-refractivity contribution in [3.63, 3.8) is 0 Å². The van der Waals surface area contributed by atoms with E-state index in [4.69, 9.17) is 25.8 Å². The van der Waals surface area contributed by atoms with Crippen LogP contribution in [0, 0.1) is 0 Å². The molecule has 1 N–H and O–H groups in total. The first-order valence-electron chi connectivity index (χ1n) is 9.34. The highest BCUT2D eigenvalue weighted by atomic mass is 35.5. The van der Waals surface area contributed by atoms with E-state index in [1.807, 2.05) is 0 Å². The number of hydrogen-bond donors (Lipinski definition) is 1. The molecule has 7 nitrogen and oxygen atoms in total. The van der Waals surface area contributed by atoms with Crippen LogP contribution in [0.15, 0.2) is 48.2 Å². The molecule has 0 spiro atoms. The second-order valence-corrected chi connectivity index (χ2v) is 6.99. The number of nitrogens with zero attached hydrogens (tertiary/aromatic N) is 1. The van der Waals surface area contributed by atoms with Crippen molar-refractivity contribution in [2.24, 2.45) is 0 Å². The van der Waals surface area contributed by atoms with Crippen LogP contribution in [0.3, 0.4) is 0 Å². The van der Waals surface area contributed by atoms with Crippen LogP contribution in [-0.4, -0.2) is 51.2 Å². The molecule has 30 heavy (non-hydrogen) atoms. The third-order valence-corrected chi connectivity index (χ3v) is 4.95. The molecular formula is C22H23ClN2O5. The van der Waals surface area contributed by atoms with Gasteiger partial charge in [-0.2, -0.15) is 0 Å². The van der Waals surface area contributed by atoms with Crippen molar-refractivity contribution in [2.45, 2.75) is 6.42 Å². The van der Waals surface area contributed by atoms with Crippen molar-refractivity contribution in [1.82, 2.24) is 4.90 Å². The molecule has 0 atom stereocenters. The monoisotopic (exact) mass is 430 g/mol. The van der Waals surface area contributed by atoms with Crippen LogP contribution < -0.4 is 14.8 Å². The van der Waals surface area contributed by atoms with Gasteiger partial charge in [0, 0.05) is 31.4 Å². The van der Waals surface area contributed by atoms with Gasteiger partial charge in [0.05, 0.1) is 25.5 Å². The second kappa shape index (κ2) is 9.65. The van der Waals surface area contributed by atoms with Gasteiger partial charge in [-0.3, -0.25) is 14.5 Å². The van der Waals surface area contributed by atoms with E-state index in [1.165, 1.54) is 12.0 Å². The third-order valence-electron chi connectivity index (χ3n) is 4.70. The van der Waals surface area contributed by atoms with Gasteiger partial charge in [-0.1, -0.05) is 23.7 Å². The number of hydrogen-bond acceptors (Lipinski definition) is 6. The van der Waals surface area contributed by atoms with Crippen molar-refractivity contribution in [2.75, 3.05) is 39.8 Å². The van der Waals surface area contributed by atoms with Crippen LogP contribution >= 0.6 is 11.6 Å². The number of carbonyl (C=O) groups excluding carboxylic acids is 2. The zero-order valence-corrected chi connectivity index (χ0v) is 17.8. The lowest BCUT2D eigenvalue weighted by molar-refractivity contribution is -0.136. The Morgan fingerprint density at radius 1 is 0.967 bits per heavy atom. The maximum absolute atomic E-state index is 13.1. The average molecular weight is 431 g/mol. The van der Waals surface area contributed by atoms with Crippen molar-refractivity contribution in [3.8, 4) is 11.5 Å². The number of imide groups is 1. The minimum atomic E-state index is -0.404. The first kappa shape index (κ1) is 21.7. The summed E-state index contributed by atoms with van der Waals surface area (Å²) in [7, 11) is 4.65. The molecule has 0 fully saturated rings. The summed E-state index contributed by atoms with van der Waals surface area (Å²) in [5.74, 6) is 0.321. The lowest BCUT2D eigenvalue weighted by Crippen LogP contribution is -2.33. The second-order valence-electron chi connectivity index (χ2n) is 6.56. The summed E-state index contributed by atoms with van der Waals surface area (Å²) in [6.07, 6.45) is 0.543. The molecule has 0 unspecified atom stereocenters. The van der Waals surface area contributed by atoms with Crippen molar-refractivity contribution in [3.05, 3.63) is 58.7 Å². The number of nitrogens with one attached hydrogen (secondary N) is 1. The molecule has 1 aliphatic rings. The molecule has 3 rings (SSSR count). The Bertz CT molecular complexity index is 972. The molecule has 8 heteroatoms. The van der Waals surface area contributed by atoms with Gasteiger partial charge in [0.15, 0.2) is 0 Å². The molecule has 2 aromatic rings. The summed E-state index contributed by atoms with van der Waals surface area (Å²) in [6, 6.07) is 12.0. The van der Waals surface area contributed by atoms with Gasteiger partial charge >= 0.3 is 0 Å². The van der Waals surface area contributed by atoms with Crippen LogP contribution in [0.2, 0.25) is 5.02 Å². The third kappa shape index (κ3) is 4.42. The molecule has 0 bridgehead atoms. The molecule has 0 aliphatic carbocycles. The Labute approximate surface area is 180 Å². The first-order chi connectivity index (χ1) is 14.5. The predicted molar refractivity (Wildman–Crippen MR) is 115 cm³/mol. The van der Waals surface area contributed by atoms with E-state index in [1.54, 1.807) is 56.7 Å². The zero-order chi connectivity index (χ0) is 21.7. The zero-order valence-electron chi connectivity index (χ0n) is 17.0. The normalized spacial score (nSPS) is 13.8. The van der Waals surface area contributed by atoms with Crippen LogP contribution in [0.5, 0.6) is 11.5 Å². The number of methoxy groups -OCH3 is 3. The van der Waals surface area contributed by atoms with Crippen LogP contribution in [0.1, 0.15) is 12.0 Å². The highest BCUT2D eigenvalue weighted by Gasteiger charge is 2.39. The number of anilines is 1. The van der Waals surface area contributed by atoms with Gasteiger partial charge in [0.2, 0.25) is 0 Å². The van der Waals surface area contributed by atoms with Gasteiger partial charge < -0.3 is 19.5 Å². The quantitative estimate of drug-likeness (QED) is 0.484. The average Bonchev–Trinajstić information content (AvgIpc) is 2.99. The molecule has 0 aromatic heterocycles. The molecule has 158 valence electrons. The van der Waals surface area contributed by atoms with Gasteiger partial charge in [-0.25, -0.2) is 0 Å². The summed E-state index contributed by atoms with van der Waals surface area (Å²) < 4.78 is 15.7. The minimum absolute atomic E-state index is 0.184. The van der Waals surface area contributed by atoms with Crippen LogP contribution in [0.4, 0.5) is 5.69 Å². The van der Waals surface area contributed by atoms with E-state index >= 15 is 0 Å². The van der Waals surface area contributed by atoms with Crippen LogP contribution in [-0.2, 0) is 14.3 Å². The lowest BCUT2D eigenvalue weighted by atomic mass is 10.0. The smallest absolute Gasteiger partial charge is 0.278 e. The number of rotatable bonds is 9. The molecule has 0 saturated heterocycles. The van der Waals surface area contributed by atoms with Crippen LogP contribution in [0.25, 0.3) is 5.57 Å².